The van der Waals surface area contributed by atoms with Gasteiger partial charge in [0.15, 0.2) is 0 Å². The summed E-state index contributed by atoms with van der Waals surface area (Å²) in [5, 5.41) is 2.90. The molecule has 0 aliphatic carbocycles. The van der Waals surface area contributed by atoms with Crippen LogP contribution in [0.2, 0.25) is 0 Å². The van der Waals surface area contributed by atoms with Crippen molar-refractivity contribution in [3.8, 4) is 0 Å². The fourth-order valence-electron chi connectivity index (χ4n) is 2.46. The third-order valence-electron chi connectivity index (χ3n) is 3.63. The van der Waals surface area contributed by atoms with Crippen LogP contribution in [0.5, 0.6) is 0 Å². The summed E-state index contributed by atoms with van der Waals surface area (Å²) in [6.07, 6.45) is 4.99. The number of hydrogen-bond acceptors (Lipinski definition) is 4. The van der Waals surface area contributed by atoms with Crippen molar-refractivity contribution in [3.63, 3.8) is 0 Å². The molecule has 1 heterocycles. The van der Waals surface area contributed by atoms with Crippen LogP contribution < -0.4 is 5.32 Å². The van der Waals surface area contributed by atoms with E-state index in [2.05, 4.69) is 5.32 Å². The van der Waals surface area contributed by atoms with E-state index in [1.54, 1.807) is 6.08 Å². The van der Waals surface area contributed by atoms with Gasteiger partial charge < -0.3 is 10.1 Å². The SMILES string of the molecule is CC(C)(C)OC(=O)/C=C/c1ccc(C=C2Sc3ccccc3NC2=O)cc1. The first-order chi connectivity index (χ1) is 12.8. The first-order valence-electron chi connectivity index (χ1n) is 8.61. The summed E-state index contributed by atoms with van der Waals surface area (Å²) >= 11 is 1.46. The number of thioether (sulfide) groups is 1. The second-order valence-electron chi connectivity index (χ2n) is 7.09. The van der Waals surface area contributed by atoms with Crippen LogP contribution in [0.25, 0.3) is 12.2 Å². The molecular weight excluding hydrogens is 358 g/mol. The minimum atomic E-state index is -0.506. The Kier molecular flexibility index (Phi) is 5.51. The molecule has 0 bridgehead atoms. The van der Waals surface area contributed by atoms with E-state index in [0.717, 1.165) is 21.7 Å². The van der Waals surface area contributed by atoms with Gasteiger partial charge in [0, 0.05) is 11.0 Å². The molecule has 2 aromatic carbocycles. The summed E-state index contributed by atoms with van der Waals surface area (Å²) in [5.74, 6) is -0.477. The number of nitrogens with one attached hydrogen (secondary N) is 1. The Morgan fingerprint density at radius 2 is 1.70 bits per heavy atom. The van der Waals surface area contributed by atoms with Gasteiger partial charge in [0.1, 0.15) is 5.60 Å². The maximum absolute atomic E-state index is 12.3. The van der Waals surface area contributed by atoms with Crippen LogP contribution in [0.4, 0.5) is 5.69 Å². The van der Waals surface area contributed by atoms with Gasteiger partial charge in [0.2, 0.25) is 0 Å². The average molecular weight is 379 g/mol. The standard InChI is InChI=1S/C22H21NO3S/c1-22(2,3)26-20(24)13-12-15-8-10-16(11-9-15)14-19-21(25)23-17-6-4-5-7-18(17)27-19/h4-14H,1-3H3,(H,23,25)/b13-12+,19-14?. The molecule has 0 radical (unpaired) electrons. The zero-order valence-electron chi connectivity index (χ0n) is 15.5. The van der Waals surface area contributed by atoms with Gasteiger partial charge in [0.25, 0.3) is 5.91 Å². The molecule has 1 N–H and O–H groups in total. The van der Waals surface area contributed by atoms with Crippen LogP contribution in [0.1, 0.15) is 31.9 Å². The first-order valence-corrected chi connectivity index (χ1v) is 9.43. The van der Waals surface area contributed by atoms with Crippen molar-refractivity contribution in [1.29, 1.82) is 0 Å². The molecule has 0 unspecified atom stereocenters. The summed E-state index contributed by atoms with van der Waals surface area (Å²) in [6, 6.07) is 15.3. The van der Waals surface area contributed by atoms with Gasteiger partial charge in [-0.1, -0.05) is 48.2 Å². The third kappa shape index (κ3) is 5.34. The zero-order valence-corrected chi connectivity index (χ0v) is 16.3. The number of esters is 1. The van der Waals surface area contributed by atoms with Crippen molar-refractivity contribution in [2.24, 2.45) is 0 Å². The normalized spacial score (nSPS) is 15.5. The summed E-state index contributed by atoms with van der Waals surface area (Å²) in [5.41, 5.74) is 2.14. The van der Waals surface area contributed by atoms with Crippen molar-refractivity contribution in [1.82, 2.24) is 0 Å². The lowest BCUT2D eigenvalue weighted by Gasteiger charge is -2.18. The molecule has 0 saturated carbocycles. The number of ether oxygens (including phenoxy) is 1. The average Bonchev–Trinajstić information content (AvgIpc) is 2.60. The Hall–Kier alpha value is -2.79. The van der Waals surface area contributed by atoms with Gasteiger partial charge >= 0.3 is 5.97 Å². The molecule has 0 aromatic heterocycles. The molecule has 0 saturated heterocycles. The van der Waals surface area contributed by atoms with Crippen molar-refractivity contribution in [3.05, 3.63) is 70.6 Å². The minimum absolute atomic E-state index is 0.104. The summed E-state index contributed by atoms with van der Waals surface area (Å²) < 4.78 is 5.24. The van der Waals surface area contributed by atoms with Crippen molar-refractivity contribution < 1.29 is 14.3 Å². The summed E-state index contributed by atoms with van der Waals surface area (Å²) in [7, 11) is 0. The summed E-state index contributed by atoms with van der Waals surface area (Å²) in [4.78, 5) is 25.7. The number of carbonyl (C=O) groups is 2. The Labute approximate surface area is 163 Å². The topological polar surface area (TPSA) is 55.4 Å². The highest BCUT2D eigenvalue weighted by molar-refractivity contribution is 8.04. The van der Waals surface area contributed by atoms with Crippen molar-refractivity contribution >= 4 is 41.5 Å². The second kappa shape index (κ2) is 7.84. The van der Waals surface area contributed by atoms with E-state index in [1.807, 2.05) is 75.4 Å². The monoisotopic (exact) mass is 379 g/mol. The van der Waals surface area contributed by atoms with E-state index in [0.29, 0.717) is 4.91 Å². The van der Waals surface area contributed by atoms with Gasteiger partial charge in [-0.2, -0.15) is 0 Å². The van der Waals surface area contributed by atoms with E-state index >= 15 is 0 Å². The molecule has 1 aliphatic heterocycles. The highest BCUT2D eigenvalue weighted by Gasteiger charge is 2.20. The van der Waals surface area contributed by atoms with Crippen LogP contribution in [0.15, 0.2) is 64.4 Å². The van der Waals surface area contributed by atoms with E-state index in [9.17, 15) is 9.59 Å². The van der Waals surface area contributed by atoms with Gasteiger partial charge in [-0.15, -0.1) is 0 Å². The molecule has 3 rings (SSSR count). The van der Waals surface area contributed by atoms with Gasteiger partial charge in [-0.05, 0) is 56.2 Å². The number of amides is 1. The van der Waals surface area contributed by atoms with Gasteiger partial charge in [-0.3, -0.25) is 4.79 Å². The second-order valence-corrected chi connectivity index (χ2v) is 8.18. The molecule has 0 spiro atoms. The lowest BCUT2D eigenvalue weighted by atomic mass is 10.1. The van der Waals surface area contributed by atoms with Crippen LogP contribution in [0, 0.1) is 0 Å². The van der Waals surface area contributed by atoms with Crippen LogP contribution >= 0.6 is 11.8 Å². The highest BCUT2D eigenvalue weighted by atomic mass is 32.2. The van der Waals surface area contributed by atoms with E-state index in [-0.39, 0.29) is 11.9 Å². The maximum Gasteiger partial charge on any atom is 0.331 e. The fraction of sp³-hybridized carbons (Fsp3) is 0.182. The largest absolute Gasteiger partial charge is 0.457 e. The van der Waals surface area contributed by atoms with Crippen molar-refractivity contribution in [2.75, 3.05) is 5.32 Å². The fourth-order valence-corrected chi connectivity index (χ4v) is 3.41. The summed E-state index contributed by atoms with van der Waals surface area (Å²) in [6.45, 7) is 5.50. The van der Waals surface area contributed by atoms with Crippen molar-refractivity contribution in [2.45, 2.75) is 31.3 Å². The zero-order chi connectivity index (χ0) is 19.4. The number of rotatable bonds is 3. The molecule has 1 aliphatic rings. The molecule has 4 nitrogen and oxygen atoms in total. The van der Waals surface area contributed by atoms with E-state index in [1.165, 1.54) is 17.8 Å². The number of hydrogen-bond donors (Lipinski definition) is 1. The lowest BCUT2D eigenvalue weighted by molar-refractivity contribution is -0.148. The molecular formula is C22H21NO3S. The minimum Gasteiger partial charge on any atom is -0.457 e. The predicted octanol–water partition coefficient (Wildman–Crippen LogP) is 5.13. The van der Waals surface area contributed by atoms with Crippen LogP contribution in [-0.2, 0) is 14.3 Å². The molecule has 5 heteroatoms. The van der Waals surface area contributed by atoms with E-state index < -0.39 is 5.60 Å². The molecule has 0 fully saturated rings. The number of carbonyl (C=O) groups excluding carboxylic acids is 2. The Bertz CT molecular complexity index is 921. The highest BCUT2D eigenvalue weighted by Crippen LogP contribution is 2.38. The maximum atomic E-state index is 12.3. The molecule has 2 aromatic rings. The molecule has 27 heavy (non-hydrogen) atoms. The molecule has 1 amide bonds. The number of para-hydroxylation sites is 1. The Morgan fingerprint density at radius 3 is 2.41 bits per heavy atom. The number of anilines is 1. The van der Waals surface area contributed by atoms with Crippen LogP contribution in [-0.4, -0.2) is 17.5 Å². The Balaban J connectivity index is 1.70. The quantitative estimate of drug-likeness (QED) is 0.593. The third-order valence-corrected chi connectivity index (χ3v) is 4.73. The van der Waals surface area contributed by atoms with E-state index in [4.69, 9.17) is 4.74 Å². The first kappa shape index (κ1) is 19.0. The van der Waals surface area contributed by atoms with Gasteiger partial charge in [-0.25, -0.2) is 4.79 Å². The number of fused-ring (bicyclic) bond motifs is 1. The van der Waals surface area contributed by atoms with Gasteiger partial charge in [0.05, 0.1) is 10.6 Å². The lowest BCUT2D eigenvalue weighted by Crippen LogP contribution is -2.22. The Morgan fingerprint density at radius 1 is 1.04 bits per heavy atom. The molecule has 0 atom stereocenters. The predicted molar refractivity (Wildman–Crippen MR) is 110 cm³/mol. The number of benzene rings is 2. The smallest absolute Gasteiger partial charge is 0.331 e. The molecule has 138 valence electrons. The van der Waals surface area contributed by atoms with Crippen LogP contribution in [0.3, 0.4) is 0 Å².